The van der Waals surface area contributed by atoms with Crippen LogP contribution in [0.4, 0.5) is 0 Å². The maximum absolute atomic E-state index is 2.48. The van der Waals surface area contributed by atoms with Crippen molar-refractivity contribution in [1.29, 1.82) is 0 Å². The SMILES string of the molecule is CC[Si]1(CC)CC[B]CC1. The highest BCUT2D eigenvalue weighted by Gasteiger charge is 2.29. The van der Waals surface area contributed by atoms with Crippen LogP contribution in [0, 0.1) is 0 Å². The van der Waals surface area contributed by atoms with Crippen molar-refractivity contribution in [3.63, 3.8) is 0 Å². The van der Waals surface area contributed by atoms with Gasteiger partial charge >= 0.3 is 0 Å². The van der Waals surface area contributed by atoms with Crippen LogP contribution in [0.2, 0.25) is 36.8 Å². The Labute approximate surface area is 66.7 Å². The molecular weight excluding hydrogens is 135 g/mol. The fourth-order valence-electron chi connectivity index (χ4n) is 2.04. The third kappa shape index (κ3) is 1.66. The van der Waals surface area contributed by atoms with E-state index >= 15 is 0 Å². The maximum Gasteiger partial charge on any atom is 0.108 e. The van der Waals surface area contributed by atoms with Crippen molar-refractivity contribution < 1.29 is 0 Å². The maximum atomic E-state index is 2.48. The Morgan fingerprint density at radius 2 is 1.60 bits per heavy atom. The first-order chi connectivity index (χ1) is 4.83. The predicted octanol–water partition coefficient (Wildman–Crippen LogP) is 3.03. The zero-order valence-corrected chi connectivity index (χ0v) is 8.32. The summed E-state index contributed by atoms with van der Waals surface area (Å²) in [5.41, 5.74) is 0. The Morgan fingerprint density at radius 1 is 1.10 bits per heavy atom. The molecule has 0 aromatic carbocycles. The van der Waals surface area contributed by atoms with Crippen molar-refractivity contribution in [2.24, 2.45) is 0 Å². The highest BCUT2D eigenvalue weighted by Crippen LogP contribution is 2.32. The molecule has 0 unspecified atom stereocenters. The van der Waals surface area contributed by atoms with E-state index in [4.69, 9.17) is 0 Å². The van der Waals surface area contributed by atoms with E-state index in [1.807, 2.05) is 0 Å². The zero-order valence-electron chi connectivity index (χ0n) is 7.32. The summed E-state index contributed by atoms with van der Waals surface area (Å²) in [6.07, 6.45) is 2.85. The molecule has 2 heteroatoms. The van der Waals surface area contributed by atoms with E-state index in [-0.39, 0.29) is 0 Å². The lowest BCUT2D eigenvalue weighted by molar-refractivity contribution is 1.07. The fraction of sp³-hybridized carbons (Fsp3) is 1.00. The van der Waals surface area contributed by atoms with Gasteiger partial charge in [-0.15, -0.1) is 0 Å². The molecule has 57 valence electrons. The zero-order chi connectivity index (χ0) is 7.45. The Kier molecular flexibility index (Phi) is 3.02. The van der Waals surface area contributed by atoms with Crippen molar-refractivity contribution in [3.8, 4) is 0 Å². The van der Waals surface area contributed by atoms with Crippen LogP contribution in [0.25, 0.3) is 0 Å². The van der Waals surface area contributed by atoms with Gasteiger partial charge in [0.15, 0.2) is 0 Å². The molecule has 10 heavy (non-hydrogen) atoms. The Bertz CT molecular complexity index is 91.4. The topological polar surface area (TPSA) is 0 Å². The van der Waals surface area contributed by atoms with Crippen LogP contribution >= 0.6 is 0 Å². The molecule has 1 aliphatic rings. The van der Waals surface area contributed by atoms with E-state index in [1.165, 1.54) is 24.7 Å². The molecule has 0 atom stereocenters. The van der Waals surface area contributed by atoms with Crippen LogP contribution in [-0.2, 0) is 0 Å². The minimum atomic E-state index is -0.662. The molecule has 0 bridgehead atoms. The lowest BCUT2D eigenvalue weighted by Crippen LogP contribution is -2.35. The quantitative estimate of drug-likeness (QED) is 0.535. The highest BCUT2D eigenvalue weighted by atomic mass is 28.3. The van der Waals surface area contributed by atoms with E-state index < -0.39 is 8.07 Å². The van der Waals surface area contributed by atoms with E-state index in [0.29, 0.717) is 0 Å². The summed E-state index contributed by atoms with van der Waals surface area (Å²) >= 11 is 0. The van der Waals surface area contributed by atoms with Gasteiger partial charge in [-0.2, -0.15) is 0 Å². The third-order valence-electron chi connectivity index (χ3n) is 3.26. The van der Waals surface area contributed by atoms with Gasteiger partial charge in [-0.25, -0.2) is 0 Å². The average molecular weight is 153 g/mol. The minimum absolute atomic E-state index is 0.662. The molecule has 1 aliphatic heterocycles. The Hall–Kier alpha value is 0.282. The van der Waals surface area contributed by atoms with Gasteiger partial charge in [0.25, 0.3) is 0 Å². The fourth-order valence-corrected chi connectivity index (χ4v) is 5.84. The van der Waals surface area contributed by atoms with Crippen molar-refractivity contribution in [2.75, 3.05) is 0 Å². The van der Waals surface area contributed by atoms with Crippen LogP contribution in [0.1, 0.15) is 13.8 Å². The molecular formula is C8H18BSi. The molecule has 1 heterocycles. The van der Waals surface area contributed by atoms with Crippen LogP contribution in [0.15, 0.2) is 0 Å². The molecule has 1 fully saturated rings. The normalized spacial score (nSPS) is 23.8. The van der Waals surface area contributed by atoms with Crippen LogP contribution in [-0.4, -0.2) is 15.4 Å². The smallest absolute Gasteiger partial charge is 0.0826 e. The molecule has 0 aromatic rings. The average Bonchev–Trinajstić information content (AvgIpc) is 2.06. The second kappa shape index (κ2) is 3.61. The molecule has 1 radical (unpaired) electrons. The summed E-state index contributed by atoms with van der Waals surface area (Å²) in [7, 11) is 1.82. The highest BCUT2D eigenvalue weighted by molar-refractivity contribution is 6.82. The van der Waals surface area contributed by atoms with Gasteiger partial charge in [0.2, 0.25) is 0 Å². The summed E-state index contributed by atoms with van der Waals surface area (Å²) in [6.45, 7) is 4.81. The monoisotopic (exact) mass is 153 g/mol. The second-order valence-corrected chi connectivity index (χ2v) is 8.99. The van der Waals surface area contributed by atoms with Gasteiger partial charge in [0.05, 0.1) is 8.07 Å². The predicted molar refractivity (Wildman–Crippen MR) is 51.7 cm³/mol. The molecule has 1 saturated heterocycles. The van der Waals surface area contributed by atoms with Gasteiger partial charge in [0.1, 0.15) is 7.28 Å². The summed E-state index contributed by atoms with van der Waals surface area (Å²) < 4.78 is 0. The molecule has 0 aromatic heterocycles. The summed E-state index contributed by atoms with van der Waals surface area (Å²) in [5, 5.41) is 0. The molecule has 0 saturated carbocycles. The molecule has 0 nitrogen and oxygen atoms in total. The van der Waals surface area contributed by atoms with Crippen LogP contribution in [0.3, 0.4) is 0 Å². The largest absolute Gasteiger partial charge is 0.108 e. The number of hydrogen-bond donors (Lipinski definition) is 0. The van der Waals surface area contributed by atoms with Crippen molar-refractivity contribution >= 4 is 15.4 Å². The first kappa shape index (κ1) is 8.38. The molecule has 1 rings (SSSR count). The minimum Gasteiger partial charge on any atom is -0.0826 e. The summed E-state index contributed by atoms with van der Waals surface area (Å²) in [5.74, 6) is 0. The molecule has 0 amide bonds. The lowest BCUT2D eigenvalue weighted by atomic mass is 9.72. The van der Waals surface area contributed by atoms with E-state index in [1.54, 1.807) is 12.1 Å². The molecule has 0 aliphatic carbocycles. The van der Waals surface area contributed by atoms with E-state index in [0.717, 1.165) is 0 Å². The van der Waals surface area contributed by atoms with Crippen LogP contribution in [0.5, 0.6) is 0 Å². The van der Waals surface area contributed by atoms with Gasteiger partial charge in [-0.3, -0.25) is 0 Å². The lowest BCUT2D eigenvalue weighted by Gasteiger charge is -2.33. The van der Waals surface area contributed by atoms with Gasteiger partial charge in [0, 0.05) is 0 Å². The van der Waals surface area contributed by atoms with Gasteiger partial charge in [-0.05, 0) is 0 Å². The second-order valence-electron chi connectivity index (χ2n) is 3.57. The van der Waals surface area contributed by atoms with Crippen molar-refractivity contribution in [1.82, 2.24) is 0 Å². The van der Waals surface area contributed by atoms with Gasteiger partial charge in [-0.1, -0.05) is 50.7 Å². The van der Waals surface area contributed by atoms with E-state index in [9.17, 15) is 0 Å². The van der Waals surface area contributed by atoms with E-state index in [2.05, 4.69) is 21.1 Å². The molecule has 0 N–H and O–H groups in total. The summed E-state index contributed by atoms with van der Waals surface area (Å²) in [6, 6.07) is 6.22. The van der Waals surface area contributed by atoms with Crippen molar-refractivity contribution in [2.45, 2.75) is 50.7 Å². The first-order valence-electron chi connectivity index (χ1n) is 4.64. The Morgan fingerprint density at radius 3 is 1.90 bits per heavy atom. The molecule has 0 spiro atoms. The standard InChI is InChI=1S/C8H18BSi/c1-3-10(4-2)7-5-9-6-8-10/h3-8H2,1-2H3. The van der Waals surface area contributed by atoms with Crippen molar-refractivity contribution in [3.05, 3.63) is 0 Å². The Balaban J connectivity index is 2.44. The van der Waals surface area contributed by atoms with Gasteiger partial charge < -0.3 is 0 Å². The first-order valence-corrected chi connectivity index (χ1v) is 7.47. The number of hydrogen-bond acceptors (Lipinski definition) is 0. The number of rotatable bonds is 2. The summed E-state index contributed by atoms with van der Waals surface area (Å²) in [4.78, 5) is 0. The van der Waals surface area contributed by atoms with Crippen LogP contribution < -0.4 is 0 Å². The third-order valence-corrected chi connectivity index (χ3v) is 8.96.